The Hall–Kier alpha value is -2.94. The van der Waals surface area contributed by atoms with Crippen molar-refractivity contribution in [2.75, 3.05) is 33.2 Å². The Balaban J connectivity index is 1.18. The molecule has 0 spiro atoms. The summed E-state index contributed by atoms with van der Waals surface area (Å²) >= 11 is 0. The summed E-state index contributed by atoms with van der Waals surface area (Å²) in [5, 5.41) is 4.08. The van der Waals surface area contributed by atoms with Crippen LogP contribution in [-0.4, -0.2) is 75.9 Å². The van der Waals surface area contributed by atoms with Crippen molar-refractivity contribution in [1.82, 2.24) is 24.8 Å². The van der Waals surface area contributed by atoms with E-state index in [9.17, 15) is 9.59 Å². The molecule has 1 aliphatic carbocycles. The fourth-order valence-corrected chi connectivity index (χ4v) is 4.49. The van der Waals surface area contributed by atoms with Gasteiger partial charge >= 0.3 is 0 Å². The van der Waals surface area contributed by atoms with Gasteiger partial charge in [-0.1, -0.05) is 24.4 Å². The molecule has 2 aromatic heterocycles. The molecule has 2 aromatic rings. The number of aryl methyl sites for hydroxylation is 1. The average molecular weight is 456 g/mol. The first-order valence-electron chi connectivity index (χ1n) is 11.9. The number of amides is 2. The Morgan fingerprint density at radius 1 is 1.18 bits per heavy atom. The van der Waals surface area contributed by atoms with Gasteiger partial charge in [-0.25, -0.2) is 0 Å². The fourth-order valence-electron chi connectivity index (χ4n) is 4.49. The minimum Gasteiger partial charge on any atom is -0.465 e. The average Bonchev–Trinajstić information content (AvgIpc) is 3.54. The number of furan rings is 1. The van der Waals surface area contributed by atoms with Gasteiger partial charge in [0.15, 0.2) is 5.82 Å². The van der Waals surface area contributed by atoms with Gasteiger partial charge in [-0.3, -0.25) is 14.5 Å². The molecule has 0 aromatic carbocycles. The zero-order valence-electron chi connectivity index (χ0n) is 19.3. The van der Waals surface area contributed by atoms with Crippen molar-refractivity contribution in [2.45, 2.75) is 57.5 Å². The molecule has 2 amide bonds. The van der Waals surface area contributed by atoms with Gasteiger partial charge in [-0.2, -0.15) is 4.98 Å². The largest absolute Gasteiger partial charge is 0.465 e. The second-order valence-corrected chi connectivity index (χ2v) is 8.85. The Morgan fingerprint density at radius 2 is 1.97 bits per heavy atom. The summed E-state index contributed by atoms with van der Waals surface area (Å²) in [7, 11) is 1.91. The molecule has 0 atom stereocenters. The highest BCUT2D eigenvalue weighted by molar-refractivity contribution is 5.91. The molecule has 33 heavy (non-hydrogen) atoms. The van der Waals surface area contributed by atoms with E-state index in [1.54, 1.807) is 24.5 Å². The summed E-state index contributed by atoms with van der Waals surface area (Å²) in [6.45, 7) is 3.36. The number of aromatic nitrogens is 2. The van der Waals surface area contributed by atoms with Gasteiger partial charge in [-0.05, 0) is 31.1 Å². The molecule has 4 rings (SSSR count). The molecular formula is C24H33N5O4. The third-order valence-electron chi connectivity index (χ3n) is 6.56. The molecule has 3 heterocycles. The Bertz CT molecular complexity index is 925. The molecule has 1 saturated carbocycles. The highest BCUT2D eigenvalue weighted by atomic mass is 16.5. The van der Waals surface area contributed by atoms with Crippen LogP contribution < -0.4 is 0 Å². The lowest BCUT2D eigenvalue weighted by molar-refractivity contribution is -0.132. The normalized spacial score (nSPS) is 18.2. The van der Waals surface area contributed by atoms with Crippen molar-refractivity contribution in [3.05, 3.63) is 41.9 Å². The van der Waals surface area contributed by atoms with Crippen molar-refractivity contribution in [3.63, 3.8) is 0 Å². The van der Waals surface area contributed by atoms with Crippen LogP contribution in [0, 0.1) is 0 Å². The summed E-state index contributed by atoms with van der Waals surface area (Å²) in [6, 6.07) is 3.97. The topological polar surface area (TPSA) is 95.9 Å². The Kier molecular flexibility index (Phi) is 7.93. The zero-order chi connectivity index (χ0) is 23.0. The second-order valence-electron chi connectivity index (χ2n) is 8.85. The fraction of sp³-hybridized carbons (Fsp3) is 0.583. The maximum atomic E-state index is 12.5. The summed E-state index contributed by atoms with van der Waals surface area (Å²) in [5.74, 6) is 1.92. The van der Waals surface area contributed by atoms with E-state index in [0.29, 0.717) is 56.0 Å². The molecule has 178 valence electrons. The monoisotopic (exact) mass is 455 g/mol. The summed E-state index contributed by atoms with van der Waals surface area (Å²) in [4.78, 5) is 35.3. The molecule has 0 bridgehead atoms. The number of piperazine rings is 1. The van der Waals surface area contributed by atoms with E-state index in [2.05, 4.69) is 15.0 Å². The van der Waals surface area contributed by atoms with E-state index in [0.717, 1.165) is 25.9 Å². The van der Waals surface area contributed by atoms with Gasteiger partial charge < -0.3 is 18.7 Å². The van der Waals surface area contributed by atoms with Crippen LogP contribution in [0.5, 0.6) is 0 Å². The number of hydrogen-bond acceptors (Lipinski definition) is 7. The molecule has 9 nitrogen and oxygen atoms in total. The van der Waals surface area contributed by atoms with Crippen molar-refractivity contribution < 1.29 is 18.5 Å². The van der Waals surface area contributed by atoms with Gasteiger partial charge in [0, 0.05) is 58.2 Å². The van der Waals surface area contributed by atoms with Crippen molar-refractivity contribution in [2.24, 2.45) is 0 Å². The van der Waals surface area contributed by atoms with E-state index in [4.69, 9.17) is 8.94 Å². The first-order valence-corrected chi connectivity index (χ1v) is 11.9. The number of nitrogens with zero attached hydrogens (tertiary/aromatic N) is 5. The van der Waals surface area contributed by atoms with Crippen molar-refractivity contribution in [3.8, 4) is 0 Å². The van der Waals surface area contributed by atoms with E-state index >= 15 is 0 Å². The van der Waals surface area contributed by atoms with Crippen LogP contribution in [0.1, 0.15) is 56.0 Å². The molecule has 0 unspecified atom stereocenters. The quantitative estimate of drug-likeness (QED) is 0.565. The predicted octanol–water partition coefficient (Wildman–Crippen LogP) is 2.74. The van der Waals surface area contributed by atoms with Gasteiger partial charge in [0.25, 0.3) is 0 Å². The standard InChI is InChI=1S/C24H33N5O4/c1-27(19-6-3-2-4-7-19)23(30)12-10-22-25-21(26-33-22)18-28-13-15-29(16-14-28)24(31)11-9-20-8-5-17-32-20/h5,8-9,11,17,19H,2-4,6-7,10,12-16,18H2,1H3/b11-9+. The lowest BCUT2D eigenvalue weighted by Gasteiger charge is -2.33. The molecule has 1 saturated heterocycles. The van der Waals surface area contributed by atoms with Gasteiger partial charge in [0.2, 0.25) is 17.7 Å². The SMILES string of the molecule is CN(C(=O)CCc1nc(CN2CCN(C(=O)/C=C/c3ccco3)CC2)no1)C1CCCCC1. The van der Waals surface area contributed by atoms with E-state index in [-0.39, 0.29) is 11.8 Å². The van der Waals surface area contributed by atoms with Crippen LogP contribution in [0.4, 0.5) is 0 Å². The molecule has 2 aliphatic rings. The predicted molar refractivity (Wildman–Crippen MR) is 122 cm³/mol. The summed E-state index contributed by atoms with van der Waals surface area (Å²) in [6.07, 6.45) is 11.6. The molecule has 2 fully saturated rings. The second kappa shape index (κ2) is 11.3. The van der Waals surface area contributed by atoms with Crippen LogP contribution in [0.15, 0.2) is 33.4 Å². The van der Waals surface area contributed by atoms with Crippen molar-refractivity contribution in [1.29, 1.82) is 0 Å². The highest BCUT2D eigenvalue weighted by Gasteiger charge is 2.23. The Morgan fingerprint density at radius 3 is 2.70 bits per heavy atom. The summed E-state index contributed by atoms with van der Waals surface area (Å²) < 4.78 is 10.6. The van der Waals surface area contributed by atoms with Crippen LogP contribution in [0.2, 0.25) is 0 Å². The lowest BCUT2D eigenvalue weighted by Crippen LogP contribution is -2.47. The number of carbonyl (C=O) groups excluding carboxylic acids is 2. The first-order chi connectivity index (χ1) is 16.1. The molecule has 1 aliphatic heterocycles. The summed E-state index contributed by atoms with van der Waals surface area (Å²) in [5.41, 5.74) is 0. The van der Waals surface area contributed by atoms with Gasteiger partial charge in [0.1, 0.15) is 5.76 Å². The van der Waals surface area contributed by atoms with Crippen LogP contribution >= 0.6 is 0 Å². The molecular weight excluding hydrogens is 422 g/mol. The zero-order valence-corrected chi connectivity index (χ0v) is 19.3. The third-order valence-corrected chi connectivity index (χ3v) is 6.56. The van der Waals surface area contributed by atoms with Crippen LogP contribution in [0.3, 0.4) is 0 Å². The van der Waals surface area contributed by atoms with Crippen LogP contribution in [-0.2, 0) is 22.6 Å². The number of carbonyl (C=O) groups is 2. The minimum absolute atomic E-state index is 0.0178. The number of hydrogen-bond donors (Lipinski definition) is 0. The van der Waals surface area contributed by atoms with Gasteiger partial charge in [-0.15, -0.1) is 0 Å². The molecule has 0 radical (unpaired) electrons. The van der Waals surface area contributed by atoms with E-state index in [1.165, 1.54) is 19.3 Å². The van der Waals surface area contributed by atoms with Crippen molar-refractivity contribution >= 4 is 17.9 Å². The molecule has 9 heteroatoms. The van der Waals surface area contributed by atoms with Gasteiger partial charge in [0.05, 0.1) is 12.8 Å². The van der Waals surface area contributed by atoms with E-state index in [1.807, 2.05) is 22.9 Å². The Labute approximate surface area is 194 Å². The molecule has 0 N–H and O–H groups in total. The number of rotatable bonds is 8. The van der Waals surface area contributed by atoms with E-state index < -0.39 is 0 Å². The third kappa shape index (κ3) is 6.54. The maximum Gasteiger partial charge on any atom is 0.246 e. The highest BCUT2D eigenvalue weighted by Crippen LogP contribution is 2.22. The lowest BCUT2D eigenvalue weighted by atomic mass is 9.94. The maximum absolute atomic E-state index is 12.5. The minimum atomic E-state index is -0.0178. The smallest absolute Gasteiger partial charge is 0.246 e. The first kappa shape index (κ1) is 23.2. The van der Waals surface area contributed by atoms with Crippen LogP contribution in [0.25, 0.3) is 6.08 Å².